The van der Waals surface area contributed by atoms with Crippen LogP contribution in [0.15, 0.2) is 60.7 Å². The van der Waals surface area contributed by atoms with Gasteiger partial charge >= 0.3 is 0 Å². The normalized spacial score (nSPS) is 9.58. The van der Waals surface area contributed by atoms with Crippen LogP contribution in [0.5, 0.6) is 0 Å². The smallest absolute Gasteiger partial charge is 0.00367 e. The summed E-state index contributed by atoms with van der Waals surface area (Å²) in [5.41, 5.74) is 13.4. The SMILES string of the molecule is NCCCc1ccccc1.NCCc1ccccc1. The van der Waals surface area contributed by atoms with Crippen LogP contribution < -0.4 is 11.5 Å². The highest BCUT2D eigenvalue weighted by atomic mass is 14.5. The third-order valence-corrected chi connectivity index (χ3v) is 2.79. The van der Waals surface area contributed by atoms with Crippen LogP contribution in [-0.4, -0.2) is 13.1 Å². The summed E-state index contributed by atoms with van der Waals surface area (Å²) in [7, 11) is 0. The monoisotopic (exact) mass is 256 g/mol. The summed E-state index contributed by atoms with van der Waals surface area (Å²) in [5.74, 6) is 0. The number of hydrogen-bond acceptors (Lipinski definition) is 2. The lowest BCUT2D eigenvalue weighted by Gasteiger charge is -1.96. The van der Waals surface area contributed by atoms with Crippen molar-refractivity contribution >= 4 is 0 Å². The Bertz CT molecular complexity index is 412. The molecule has 2 rings (SSSR count). The van der Waals surface area contributed by atoms with Crippen LogP contribution in [0.4, 0.5) is 0 Å². The van der Waals surface area contributed by atoms with E-state index in [1.807, 2.05) is 24.3 Å². The molecule has 0 aromatic heterocycles. The fraction of sp³-hybridized carbons (Fsp3) is 0.294. The summed E-state index contributed by atoms with van der Waals surface area (Å²) >= 11 is 0. The van der Waals surface area contributed by atoms with Crippen LogP contribution in [0.2, 0.25) is 0 Å². The van der Waals surface area contributed by atoms with Crippen molar-refractivity contribution in [1.82, 2.24) is 0 Å². The highest BCUT2D eigenvalue weighted by Crippen LogP contribution is 2.00. The van der Waals surface area contributed by atoms with Crippen molar-refractivity contribution in [1.29, 1.82) is 0 Å². The Morgan fingerprint density at radius 2 is 1.05 bits per heavy atom. The average molecular weight is 256 g/mol. The zero-order chi connectivity index (χ0) is 13.8. The molecule has 0 aliphatic heterocycles. The topological polar surface area (TPSA) is 52.0 Å². The predicted molar refractivity (Wildman–Crippen MR) is 83.0 cm³/mol. The summed E-state index contributed by atoms with van der Waals surface area (Å²) in [4.78, 5) is 0. The standard InChI is InChI=1S/C9H13N.C8H11N/c10-8-4-7-9-5-2-1-3-6-9;9-7-6-8-4-2-1-3-5-8/h1-3,5-6H,4,7-8,10H2;1-5H,6-7,9H2. The molecule has 2 aromatic rings. The van der Waals surface area contributed by atoms with Crippen molar-refractivity contribution in [3.63, 3.8) is 0 Å². The van der Waals surface area contributed by atoms with E-state index < -0.39 is 0 Å². The van der Waals surface area contributed by atoms with Crippen molar-refractivity contribution in [2.75, 3.05) is 13.1 Å². The molecule has 2 aromatic carbocycles. The fourth-order valence-corrected chi connectivity index (χ4v) is 1.76. The molecule has 0 bridgehead atoms. The summed E-state index contributed by atoms with van der Waals surface area (Å²) in [6.45, 7) is 1.53. The molecule has 0 aliphatic carbocycles. The zero-order valence-corrected chi connectivity index (χ0v) is 11.5. The molecule has 0 atom stereocenters. The van der Waals surface area contributed by atoms with Gasteiger partial charge < -0.3 is 11.5 Å². The van der Waals surface area contributed by atoms with E-state index in [0.29, 0.717) is 0 Å². The maximum absolute atomic E-state index is 5.38. The molecule has 0 fully saturated rings. The van der Waals surface area contributed by atoms with Gasteiger partial charge in [-0.15, -0.1) is 0 Å². The van der Waals surface area contributed by atoms with Gasteiger partial charge in [0.25, 0.3) is 0 Å². The van der Waals surface area contributed by atoms with E-state index in [1.54, 1.807) is 0 Å². The van der Waals surface area contributed by atoms with Gasteiger partial charge in [-0.25, -0.2) is 0 Å². The third kappa shape index (κ3) is 7.39. The molecule has 0 unspecified atom stereocenters. The molecule has 102 valence electrons. The lowest BCUT2D eigenvalue weighted by molar-refractivity contribution is 0.833. The van der Waals surface area contributed by atoms with Crippen molar-refractivity contribution < 1.29 is 0 Å². The predicted octanol–water partition coefficient (Wildman–Crippen LogP) is 2.77. The molecule has 2 nitrogen and oxygen atoms in total. The Hall–Kier alpha value is -1.64. The molecule has 0 aliphatic rings. The van der Waals surface area contributed by atoms with Crippen LogP contribution in [0.1, 0.15) is 17.5 Å². The molecule has 4 N–H and O–H groups in total. The van der Waals surface area contributed by atoms with E-state index in [-0.39, 0.29) is 0 Å². The van der Waals surface area contributed by atoms with Crippen molar-refractivity contribution in [2.24, 2.45) is 11.5 Å². The maximum atomic E-state index is 5.38. The Balaban J connectivity index is 0.000000191. The summed E-state index contributed by atoms with van der Waals surface area (Å²) in [6, 6.07) is 20.7. The Morgan fingerprint density at radius 1 is 0.579 bits per heavy atom. The maximum Gasteiger partial charge on any atom is -0.00367 e. The van der Waals surface area contributed by atoms with Crippen LogP contribution in [0, 0.1) is 0 Å². The van der Waals surface area contributed by atoms with Gasteiger partial charge in [0, 0.05) is 0 Å². The second-order valence-electron chi connectivity index (χ2n) is 4.40. The van der Waals surface area contributed by atoms with Crippen LogP contribution in [0.25, 0.3) is 0 Å². The van der Waals surface area contributed by atoms with Crippen molar-refractivity contribution in [3.8, 4) is 0 Å². The quantitative estimate of drug-likeness (QED) is 0.864. The zero-order valence-electron chi connectivity index (χ0n) is 11.5. The lowest BCUT2D eigenvalue weighted by atomic mass is 10.1. The van der Waals surface area contributed by atoms with E-state index in [9.17, 15) is 0 Å². The van der Waals surface area contributed by atoms with E-state index >= 15 is 0 Å². The van der Waals surface area contributed by atoms with Gasteiger partial charge in [0.05, 0.1) is 0 Å². The first kappa shape index (κ1) is 15.4. The first-order chi connectivity index (χ1) is 9.36. The van der Waals surface area contributed by atoms with E-state index in [4.69, 9.17) is 11.5 Å². The van der Waals surface area contributed by atoms with E-state index in [2.05, 4.69) is 36.4 Å². The van der Waals surface area contributed by atoms with Crippen molar-refractivity contribution in [3.05, 3.63) is 71.8 Å². The second kappa shape index (κ2) is 10.3. The third-order valence-electron chi connectivity index (χ3n) is 2.79. The van der Waals surface area contributed by atoms with Crippen LogP contribution in [-0.2, 0) is 12.8 Å². The van der Waals surface area contributed by atoms with Crippen LogP contribution in [0.3, 0.4) is 0 Å². The van der Waals surface area contributed by atoms with Gasteiger partial charge in [-0.05, 0) is 43.5 Å². The number of aryl methyl sites for hydroxylation is 1. The molecule has 2 heteroatoms. The molecule has 0 radical (unpaired) electrons. The summed E-state index contributed by atoms with van der Waals surface area (Å²) in [5, 5.41) is 0. The minimum atomic E-state index is 0.740. The van der Waals surface area contributed by atoms with Gasteiger partial charge in [-0.1, -0.05) is 60.7 Å². The summed E-state index contributed by atoms with van der Waals surface area (Å²) in [6.07, 6.45) is 3.18. The average Bonchev–Trinajstić information content (AvgIpc) is 2.48. The van der Waals surface area contributed by atoms with Crippen molar-refractivity contribution in [2.45, 2.75) is 19.3 Å². The molecule has 0 heterocycles. The fourth-order valence-electron chi connectivity index (χ4n) is 1.76. The summed E-state index contributed by atoms with van der Waals surface area (Å²) < 4.78 is 0. The molecule has 0 spiro atoms. The largest absolute Gasteiger partial charge is 0.330 e. The minimum Gasteiger partial charge on any atom is -0.330 e. The highest BCUT2D eigenvalue weighted by molar-refractivity contribution is 5.15. The first-order valence-corrected chi connectivity index (χ1v) is 6.84. The molecule has 0 saturated heterocycles. The Labute approximate surface area is 116 Å². The lowest BCUT2D eigenvalue weighted by Crippen LogP contribution is -2.01. The van der Waals surface area contributed by atoms with Gasteiger partial charge in [-0.2, -0.15) is 0 Å². The van der Waals surface area contributed by atoms with E-state index in [0.717, 1.165) is 32.4 Å². The van der Waals surface area contributed by atoms with Gasteiger partial charge in [0.15, 0.2) is 0 Å². The van der Waals surface area contributed by atoms with Crippen LogP contribution >= 0.6 is 0 Å². The minimum absolute atomic E-state index is 0.740. The molecular weight excluding hydrogens is 232 g/mol. The highest BCUT2D eigenvalue weighted by Gasteiger charge is 1.87. The Morgan fingerprint density at radius 3 is 1.47 bits per heavy atom. The number of benzene rings is 2. The molecule has 0 saturated carbocycles. The van der Waals surface area contributed by atoms with Gasteiger partial charge in [0.2, 0.25) is 0 Å². The molecular formula is C17H24N2. The molecule has 19 heavy (non-hydrogen) atoms. The number of nitrogens with two attached hydrogens (primary N) is 2. The van der Waals surface area contributed by atoms with Gasteiger partial charge in [-0.3, -0.25) is 0 Å². The molecule has 0 amide bonds. The Kier molecular flexibility index (Phi) is 8.36. The number of rotatable bonds is 5. The second-order valence-corrected chi connectivity index (χ2v) is 4.40. The van der Waals surface area contributed by atoms with Gasteiger partial charge in [0.1, 0.15) is 0 Å². The number of hydrogen-bond donors (Lipinski definition) is 2. The van der Waals surface area contributed by atoms with E-state index in [1.165, 1.54) is 11.1 Å². The first-order valence-electron chi connectivity index (χ1n) is 6.84.